The van der Waals surface area contributed by atoms with Crippen LogP contribution < -0.4 is 5.73 Å². The second-order valence-electron chi connectivity index (χ2n) is 5.14. The molecule has 0 bridgehead atoms. The predicted molar refractivity (Wildman–Crippen MR) is 69.5 cm³/mol. The smallest absolute Gasteiger partial charge is 0.0314 e. The molecular weight excluding hydrogens is 196 g/mol. The van der Waals surface area contributed by atoms with Crippen LogP contribution in [-0.4, -0.2) is 25.0 Å². The zero-order chi connectivity index (χ0) is 11.5. The number of hydrogen-bond acceptors (Lipinski definition) is 2. The molecule has 1 fully saturated rings. The molecule has 0 saturated heterocycles. The fourth-order valence-corrected chi connectivity index (χ4v) is 2.69. The first-order valence-electron chi connectivity index (χ1n) is 6.18. The van der Waals surface area contributed by atoms with Crippen LogP contribution in [0.4, 0.5) is 5.69 Å². The Bertz CT molecular complexity index is 321. The monoisotopic (exact) mass is 218 g/mol. The van der Waals surface area contributed by atoms with Gasteiger partial charge in [-0.05, 0) is 63.4 Å². The van der Waals surface area contributed by atoms with Crippen molar-refractivity contribution in [3.63, 3.8) is 0 Å². The Morgan fingerprint density at radius 2 is 1.56 bits per heavy atom. The van der Waals surface area contributed by atoms with Gasteiger partial charge in [0.15, 0.2) is 0 Å². The van der Waals surface area contributed by atoms with Gasteiger partial charge in [-0.1, -0.05) is 12.1 Å². The van der Waals surface area contributed by atoms with E-state index in [-0.39, 0.29) is 0 Å². The molecule has 1 aliphatic carbocycles. The van der Waals surface area contributed by atoms with E-state index in [1.807, 2.05) is 12.1 Å². The van der Waals surface area contributed by atoms with Gasteiger partial charge in [-0.25, -0.2) is 0 Å². The van der Waals surface area contributed by atoms with Crippen LogP contribution in [0, 0.1) is 0 Å². The molecule has 0 spiro atoms. The van der Waals surface area contributed by atoms with E-state index in [0.29, 0.717) is 0 Å². The lowest BCUT2D eigenvalue weighted by atomic mass is 9.81. The van der Waals surface area contributed by atoms with Gasteiger partial charge in [0, 0.05) is 11.7 Å². The Labute approximate surface area is 98.4 Å². The summed E-state index contributed by atoms with van der Waals surface area (Å²) in [5.74, 6) is 0.747. The van der Waals surface area contributed by atoms with Gasteiger partial charge in [-0.2, -0.15) is 0 Å². The average molecular weight is 218 g/mol. The molecule has 16 heavy (non-hydrogen) atoms. The van der Waals surface area contributed by atoms with Gasteiger partial charge in [-0.3, -0.25) is 0 Å². The zero-order valence-corrected chi connectivity index (χ0v) is 10.3. The first kappa shape index (κ1) is 11.5. The van der Waals surface area contributed by atoms with Gasteiger partial charge >= 0.3 is 0 Å². The molecule has 1 aliphatic rings. The second-order valence-corrected chi connectivity index (χ2v) is 5.14. The number of nitrogens with zero attached hydrogens (tertiary/aromatic N) is 1. The van der Waals surface area contributed by atoms with Crippen molar-refractivity contribution in [2.24, 2.45) is 0 Å². The van der Waals surface area contributed by atoms with Crippen LogP contribution in [0.2, 0.25) is 0 Å². The largest absolute Gasteiger partial charge is 0.399 e. The Kier molecular flexibility index (Phi) is 3.49. The number of rotatable bonds is 2. The summed E-state index contributed by atoms with van der Waals surface area (Å²) in [5, 5.41) is 0. The molecule has 2 rings (SSSR count). The van der Waals surface area contributed by atoms with Crippen molar-refractivity contribution in [2.45, 2.75) is 37.6 Å². The van der Waals surface area contributed by atoms with E-state index < -0.39 is 0 Å². The minimum Gasteiger partial charge on any atom is -0.399 e. The summed E-state index contributed by atoms with van der Waals surface area (Å²) in [4.78, 5) is 2.36. The van der Waals surface area contributed by atoms with Crippen molar-refractivity contribution in [1.82, 2.24) is 4.90 Å². The highest BCUT2D eigenvalue weighted by Gasteiger charge is 2.23. The van der Waals surface area contributed by atoms with Gasteiger partial charge < -0.3 is 10.6 Å². The molecule has 1 aromatic carbocycles. The maximum absolute atomic E-state index is 5.71. The maximum Gasteiger partial charge on any atom is 0.0314 e. The van der Waals surface area contributed by atoms with Gasteiger partial charge in [0.1, 0.15) is 0 Å². The van der Waals surface area contributed by atoms with Crippen molar-refractivity contribution in [1.29, 1.82) is 0 Å². The topological polar surface area (TPSA) is 29.3 Å². The molecule has 1 aromatic rings. The molecule has 0 aromatic heterocycles. The number of anilines is 1. The number of benzene rings is 1. The Morgan fingerprint density at radius 1 is 1.00 bits per heavy atom. The summed E-state index contributed by atoms with van der Waals surface area (Å²) in [7, 11) is 4.38. The Morgan fingerprint density at radius 3 is 2.06 bits per heavy atom. The average Bonchev–Trinajstić information content (AvgIpc) is 2.30. The number of nitrogens with two attached hydrogens (primary N) is 1. The molecule has 0 radical (unpaired) electrons. The lowest BCUT2D eigenvalue weighted by Crippen LogP contribution is -2.31. The van der Waals surface area contributed by atoms with Crippen LogP contribution in [0.5, 0.6) is 0 Å². The summed E-state index contributed by atoms with van der Waals surface area (Å²) in [6.45, 7) is 0. The van der Waals surface area contributed by atoms with E-state index in [1.165, 1.54) is 31.2 Å². The molecule has 0 heterocycles. The molecule has 0 unspecified atom stereocenters. The van der Waals surface area contributed by atoms with E-state index in [2.05, 4.69) is 31.1 Å². The summed E-state index contributed by atoms with van der Waals surface area (Å²) < 4.78 is 0. The number of hydrogen-bond donors (Lipinski definition) is 1. The van der Waals surface area contributed by atoms with Crippen molar-refractivity contribution in [2.75, 3.05) is 19.8 Å². The van der Waals surface area contributed by atoms with Gasteiger partial charge in [-0.15, -0.1) is 0 Å². The Hall–Kier alpha value is -1.02. The van der Waals surface area contributed by atoms with Crippen molar-refractivity contribution < 1.29 is 0 Å². The van der Waals surface area contributed by atoms with Crippen LogP contribution in [0.3, 0.4) is 0 Å². The third-order valence-corrected chi connectivity index (χ3v) is 3.83. The lowest BCUT2D eigenvalue weighted by Gasteiger charge is -2.32. The highest BCUT2D eigenvalue weighted by molar-refractivity contribution is 5.40. The molecule has 0 atom stereocenters. The molecule has 2 heteroatoms. The van der Waals surface area contributed by atoms with E-state index in [9.17, 15) is 0 Å². The van der Waals surface area contributed by atoms with Gasteiger partial charge in [0.2, 0.25) is 0 Å². The zero-order valence-electron chi connectivity index (χ0n) is 10.3. The van der Waals surface area contributed by atoms with E-state index in [1.54, 1.807) is 0 Å². The normalized spacial score (nSPS) is 25.9. The SMILES string of the molecule is CN(C)[C@H]1CC[C@@H](c2ccc(N)cc2)CC1. The molecular formula is C14H22N2. The molecule has 88 valence electrons. The van der Waals surface area contributed by atoms with Crippen LogP contribution in [0.15, 0.2) is 24.3 Å². The summed E-state index contributed by atoms with van der Waals surface area (Å²) in [5.41, 5.74) is 8.04. The quantitative estimate of drug-likeness (QED) is 0.773. The maximum atomic E-state index is 5.71. The highest BCUT2D eigenvalue weighted by Crippen LogP contribution is 2.34. The standard InChI is InChI=1S/C14H22N2/c1-16(2)14-9-5-12(6-10-14)11-3-7-13(15)8-4-11/h3-4,7-8,12,14H,5-6,9-10,15H2,1-2H3/t12-,14+. The van der Waals surface area contributed by atoms with E-state index in [0.717, 1.165) is 17.6 Å². The van der Waals surface area contributed by atoms with Crippen LogP contribution in [0.1, 0.15) is 37.2 Å². The van der Waals surface area contributed by atoms with Gasteiger partial charge in [0.25, 0.3) is 0 Å². The Balaban J connectivity index is 1.96. The van der Waals surface area contributed by atoms with Crippen LogP contribution >= 0.6 is 0 Å². The second kappa shape index (κ2) is 4.88. The number of nitrogen functional groups attached to an aromatic ring is 1. The van der Waals surface area contributed by atoms with Crippen molar-refractivity contribution >= 4 is 5.69 Å². The van der Waals surface area contributed by atoms with E-state index in [4.69, 9.17) is 5.73 Å². The summed E-state index contributed by atoms with van der Waals surface area (Å²) in [6, 6.07) is 9.21. The molecule has 0 aliphatic heterocycles. The van der Waals surface area contributed by atoms with E-state index >= 15 is 0 Å². The summed E-state index contributed by atoms with van der Waals surface area (Å²) >= 11 is 0. The molecule has 2 nitrogen and oxygen atoms in total. The molecule has 2 N–H and O–H groups in total. The van der Waals surface area contributed by atoms with Crippen molar-refractivity contribution in [3.8, 4) is 0 Å². The first-order chi connectivity index (χ1) is 7.66. The first-order valence-corrected chi connectivity index (χ1v) is 6.18. The minimum absolute atomic E-state index is 0.747. The minimum atomic E-state index is 0.747. The van der Waals surface area contributed by atoms with Crippen LogP contribution in [-0.2, 0) is 0 Å². The van der Waals surface area contributed by atoms with Gasteiger partial charge in [0.05, 0.1) is 0 Å². The molecule has 0 amide bonds. The lowest BCUT2D eigenvalue weighted by molar-refractivity contribution is 0.216. The predicted octanol–water partition coefficient (Wildman–Crippen LogP) is 2.86. The highest BCUT2D eigenvalue weighted by atomic mass is 15.1. The molecule has 1 saturated carbocycles. The third kappa shape index (κ3) is 2.56. The summed E-state index contributed by atoms with van der Waals surface area (Å²) in [6.07, 6.45) is 5.27. The third-order valence-electron chi connectivity index (χ3n) is 3.83. The fourth-order valence-electron chi connectivity index (χ4n) is 2.69. The van der Waals surface area contributed by atoms with Crippen LogP contribution in [0.25, 0.3) is 0 Å². The fraction of sp³-hybridized carbons (Fsp3) is 0.571. The van der Waals surface area contributed by atoms with Crippen molar-refractivity contribution in [3.05, 3.63) is 29.8 Å².